The summed E-state index contributed by atoms with van der Waals surface area (Å²) in [5.41, 5.74) is 2.44. The van der Waals surface area contributed by atoms with Crippen LogP contribution in [0.2, 0.25) is 0 Å². The van der Waals surface area contributed by atoms with Gasteiger partial charge in [-0.25, -0.2) is 9.97 Å². The highest BCUT2D eigenvalue weighted by Gasteiger charge is 2.50. The number of anilines is 1. The number of hydrogen-bond acceptors (Lipinski definition) is 6. The molecule has 0 unspecified atom stereocenters. The Morgan fingerprint density at radius 2 is 1.97 bits per heavy atom. The van der Waals surface area contributed by atoms with Crippen molar-refractivity contribution in [2.24, 2.45) is 0 Å². The number of nitrogens with zero attached hydrogens (tertiary/aromatic N) is 5. The number of rotatable bonds is 4. The summed E-state index contributed by atoms with van der Waals surface area (Å²) >= 11 is 1.45. The number of likely N-dealkylation sites (tertiary alicyclic amines) is 1. The van der Waals surface area contributed by atoms with Gasteiger partial charge in [0.25, 0.3) is 5.56 Å². The molecule has 2 aliphatic rings. The molecular weight excluding hydrogens is 452 g/mol. The molecule has 1 aromatic carbocycles. The van der Waals surface area contributed by atoms with E-state index in [0.29, 0.717) is 35.7 Å². The Morgan fingerprint density at radius 1 is 1.18 bits per heavy atom. The molecule has 1 spiro atoms. The van der Waals surface area contributed by atoms with Gasteiger partial charge in [-0.3, -0.25) is 24.3 Å². The number of amides is 2. The van der Waals surface area contributed by atoms with E-state index in [1.165, 1.54) is 22.2 Å². The second kappa shape index (κ2) is 7.63. The van der Waals surface area contributed by atoms with E-state index in [2.05, 4.69) is 15.3 Å². The molecule has 0 atom stereocenters. The van der Waals surface area contributed by atoms with E-state index < -0.39 is 5.54 Å². The Bertz CT molecular complexity index is 1490. The summed E-state index contributed by atoms with van der Waals surface area (Å²) in [6.07, 6.45) is 5.52. The van der Waals surface area contributed by atoms with Crippen LogP contribution in [0.15, 0.2) is 53.2 Å². The van der Waals surface area contributed by atoms with Gasteiger partial charge in [-0.05, 0) is 12.5 Å². The lowest BCUT2D eigenvalue weighted by molar-refractivity contribution is -0.145. The molecule has 34 heavy (non-hydrogen) atoms. The van der Waals surface area contributed by atoms with Crippen molar-refractivity contribution in [2.45, 2.75) is 31.8 Å². The molecule has 2 aliphatic heterocycles. The number of carbonyl (C=O) groups excluding carboxylic acids is 2. The van der Waals surface area contributed by atoms with Gasteiger partial charge in [0.15, 0.2) is 0 Å². The second-order valence-electron chi connectivity index (χ2n) is 9.01. The third-order valence-corrected chi connectivity index (χ3v) is 7.59. The molecule has 10 heteroatoms. The number of aromatic nitrogens is 4. The molecular formula is C24H22N6O3S. The van der Waals surface area contributed by atoms with Gasteiger partial charge in [0.2, 0.25) is 17.8 Å². The van der Waals surface area contributed by atoms with Crippen LogP contribution in [0.3, 0.4) is 0 Å². The fourth-order valence-electron chi connectivity index (χ4n) is 4.88. The lowest BCUT2D eigenvalue weighted by Gasteiger charge is -2.52. The van der Waals surface area contributed by atoms with Gasteiger partial charge in [-0.1, -0.05) is 29.8 Å². The summed E-state index contributed by atoms with van der Waals surface area (Å²) in [6, 6.07) is 8.06. The maximum Gasteiger partial charge on any atom is 0.262 e. The summed E-state index contributed by atoms with van der Waals surface area (Å²) in [5, 5.41) is 5.31. The van der Waals surface area contributed by atoms with Crippen LogP contribution in [0.4, 0.5) is 5.95 Å². The Morgan fingerprint density at radius 3 is 2.76 bits per heavy atom. The average molecular weight is 475 g/mol. The van der Waals surface area contributed by atoms with Gasteiger partial charge in [-0.2, -0.15) is 0 Å². The van der Waals surface area contributed by atoms with E-state index in [-0.39, 0.29) is 30.3 Å². The molecule has 5 heterocycles. The van der Waals surface area contributed by atoms with Crippen molar-refractivity contribution < 1.29 is 9.59 Å². The largest absolute Gasteiger partial charge is 0.338 e. The molecule has 172 valence electrons. The third-order valence-electron chi connectivity index (χ3n) is 6.71. The van der Waals surface area contributed by atoms with Gasteiger partial charge in [0, 0.05) is 49.4 Å². The van der Waals surface area contributed by atoms with Crippen LogP contribution < -0.4 is 10.9 Å². The predicted molar refractivity (Wildman–Crippen MR) is 129 cm³/mol. The molecule has 3 aromatic heterocycles. The molecule has 1 fully saturated rings. The normalized spacial score (nSPS) is 16.4. The zero-order chi connectivity index (χ0) is 23.4. The van der Waals surface area contributed by atoms with E-state index in [1.54, 1.807) is 11.1 Å². The Balaban J connectivity index is 1.18. The number of nitrogens with one attached hydrogen (secondary N) is 1. The van der Waals surface area contributed by atoms with E-state index in [1.807, 2.05) is 47.3 Å². The monoisotopic (exact) mass is 474 g/mol. The van der Waals surface area contributed by atoms with Gasteiger partial charge in [0.05, 0.1) is 23.7 Å². The molecule has 6 rings (SSSR count). The first-order valence-corrected chi connectivity index (χ1v) is 12.0. The van der Waals surface area contributed by atoms with Gasteiger partial charge in [0.1, 0.15) is 4.83 Å². The molecule has 0 radical (unpaired) electrons. The summed E-state index contributed by atoms with van der Waals surface area (Å²) in [6.45, 7) is 3.19. The smallest absolute Gasteiger partial charge is 0.262 e. The van der Waals surface area contributed by atoms with E-state index in [0.717, 1.165) is 16.7 Å². The minimum absolute atomic E-state index is 0.0469. The Labute approximate surface area is 198 Å². The minimum Gasteiger partial charge on any atom is -0.338 e. The number of carbonyl (C=O) groups is 2. The average Bonchev–Trinajstić information content (AvgIpc) is 3.44. The maximum absolute atomic E-state index is 13.3. The number of thiophene rings is 1. The fraction of sp³-hybridized carbons (Fsp3) is 0.292. The second-order valence-corrected chi connectivity index (χ2v) is 9.87. The quantitative estimate of drug-likeness (QED) is 0.490. The van der Waals surface area contributed by atoms with E-state index in [4.69, 9.17) is 0 Å². The number of aryl methyl sites for hydroxylation is 2. The van der Waals surface area contributed by atoms with Crippen molar-refractivity contribution in [1.82, 2.24) is 24.0 Å². The van der Waals surface area contributed by atoms with Crippen molar-refractivity contribution in [3.8, 4) is 11.1 Å². The van der Waals surface area contributed by atoms with Crippen LogP contribution >= 0.6 is 11.3 Å². The van der Waals surface area contributed by atoms with Gasteiger partial charge < -0.3 is 9.47 Å². The van der Waals surface area contributed by atoms with Crippen LogP contribution in [-0.2, 0) is 21.7 Å². The number of benzene rings is 1. The first-order chi connectivity index (χ1) is 16.4. The van der Waals surface area contributed by atoms with Crippen LogP contribution in [0.1, 0.15) is 18.4 Å². The number of hydrogen-bond donors (Lipinski definition) is 1. The molecule has 0 saturated carbocycles. The first-order valence-electron chi connectivity index (χ1n) is 11.1. The molecule has 1 N–H and O–H groups in total. The highest BCUT2D eigenvalue weighted by atomic mass is 32.1. The molecule has 0 aliphatic carbocycles. The number of imidazole rings is 1. The molecule has 1 saturated heterocycles. The topological polar surface area (TPSA) is 102 Å². The summed E-state index contributed by atoms with van der Waals surface area (Å²) < 4.78 is 3.46. The minimum atomic E-state index is -0.430. The first kappa shape index (κ1) is 20.8. The molecule has 9 nitrogen and oxygen atoms in total. The predicted octanol–water partition coefficient (Wildman–Crippen LogP) is 2.60. The highest BCUT2D eigenvalue weighted by Crippen LogP contribution is 2.38. The van der Waals surface area contributed by atoms with Crippen molar-refractivity contribution >= 4 is 39.3 Å². The zero-order valence-corrected chi connectivity index (χ0v) is 19.3. The summed E-state index contributed by atoms with van der Waals surface area (Å²) in [5.74, 6) is 0.389. The van der Waals surface area contributed by atoms with Crippen molar-refractivity contribution in [3.05, 3.63) is 64.3 Å². The standard InChI is InChI=1S/C24H22N6O3S/c1-15-2-4-16(5-3-15)17-11-34-21-20(17)22(33)28(14-26-21)8-6-19(32)29-12-24(13-29)10-18(31)27-23-25-7-9-30(23)24/h2-5,7,9,11,14H,6,8,10,12-13H2,1H3,(H,25,27,31). The zero-order valence-electron chi connectivity index (χ0n) is 18.5. The fourth-order valence-corrected chi connectivity index (χ4v) is 5.79. The van der Waals surface area contributed by atoms with E-state index in [9.17, 15) is 14.4 Å². The van der Waals surface area contributed by atoms with E-state index >= 15 is 0 Å². The van der Waals surface area contributed by atoms with Crippen molar-refractivity contribution in [3.63, 3.8) is 0 Å². The molecule has 2 amide bonds. The SMILES string of the molecule is Cc1ccc(-c2csc3ncn(CCC(=O)N4CC5(CC(=O)Nc6nccn65)C4)c(=O)c23)cc1. The van der Waals surface area contributed by atoms with Crippen molar-refractivity contribution in [2.75, 3.05) is 18.4 Å². The van der Waals surface area contributed by atoms with Crippen LogP contribution in [0.25, 0.3) is 21.3 Å². The number of fused-ring (bicyclic) bond motifs is 3. The third kappa shape index (κ3) is 3.25. The van der Waals surface area contributed by atoms with Crippen LogP contribution in [0.5, 0.6) is 0 Å². The Kier molecular flexibility index (Phi) is 4.66. The van der Waals surface area contributed by atoms with Crippen molar-refractivity contribution in [1.29, 1.82) is 0 Å². The molecule has 4 aromatic rings. The van der Waals surface area contributed by atoms with Crippen LogP contribution in [0, 0.1) is 6.92 Å². The lowest BCUT2D eigenvalue weighted by atomic mass is 9.84. The highest BCUT2D eigenvalue weighted by molar-refractivity contribution is 7.17. The van der Waals surface area contributed by atoms with Gasteiger partial charge in [-0.15, -0.1) is 11.3 Å². The van der Waals surface area contributed by atoms with Crippen LogP contribution in [-0.4, -0.2) is 48.9 Å². The lowest BCUT2D eigenvalue weighted by Crippen LogP contribution is -2.66. The maximum atomic E-state index is 13.3. The van der Waals surface area contributed by atoms with Gasteiger partial charge >= 0.3 is 0 Å². The Hall–Kier alpha value is -3.79. The summed E-state index contributed by atoms with van der Waals surface area (Å²) in [7, 11) is 0. The summed E-state index contributed by atoms with van der Waals surface area (Å²) in [4.78, 5) is 49.3. The molecule has 0 bridgehead atoms.